The summed E-state index contributed by atoms with van der Waals surface area (Å²) < 4.78 is 35.9. The van der Waals surface area contributed by atoms with Crippen LogP contribution in [0.15, 0.2) is 80.8 Å². The molecule has 6 N–H and O–H groups in total. The molecular formula is C74H110N6O12. The van der Waals surface area contributed by atoms with Crippen LogP contribution in [0.25, 0.3) is 12.2 Å². The Balaban J connectivity index is 0.000000219. The zero-order valence-electron chi connectivity index (χ0n) is 56.9. The molecule has 18 nitrogen and oxygen atoms in total. The summed E-state index contributed by atoms with van der Waals surface area (Å²) in [6.45, 7) is 31.9. The highest BCUT2D eigenvalue weighted by atomic mass is 16.7. The lowest BCUT2D eigenvalue weighted by Gasteiger charge is -2.45. The van der Waals surface area contributed by atoms with Gasteiger partial charge in [0, 0.05) is 69.9 Å². The van der Waals surface area contributed by atoms with Gasteiger partial charge in [-0.1, -0.05) is 102 Å². The third-order valence-electron chi connectivity index (χ3n) is 20.9. The van der Waals surface area contributed by atoms with E-state index in [2.05, 4.69) is 128 Å². The Bertz CT molecular complexity index is 2980. The van der Waals surface area contributed by atoms with E-state index in [1.165, 1.54) is 151 Å². The zero-order chi connectivity index (χ0) is 65.7. The Hall–Kier alpha value is -5.12. The third-order valence-corrected chi connectivity index (χ3v) is 20.9. The first-order valence-electron chi connectivity index (χ1n) is 34.7. The van der Waals surface area contributed by atoms with Crippen molar-refractivity contribution in [3.8, 4) is 0 Å². The predicted molar refractivity (Wildman–Crippen MR) is 361 cm³/mol. The quantitative estimate of drug-likeness (QED) is 0.0680. The Labute approximate surface area is 548 Å². The van der Waals surface area contributed by atoms with Crippen molar-refractivity contribution in [1.82, 2.24) is 20.4 Å². The highest BCUT2D eigenvalue weighted by molar-refractivity contribution is 5.98. The Kier molecular flexibility index (Phi) is 25.5. The molecule has 2 aromatic rings. The number of nitrogens with one attached hydrogen (secondary N) is 2. The molecule has 10 rings (SSSR count). The minimum Gasteiger partial charge on any atom is -0.458 e. The van der Waals surface area contributed by atoms with Gasteiger partial charge in [0.25, 0.3) is 0 Å². The van der Waals surface area contributed by atoms with Gasteiger partial charge in [0.05, 0.1) is 25.8 Å². The smallest absolute Gasteiger partial charge is 0.303 e. The van der Waals surface area contributed by atoms with E-state index in [0.717, 1.165) is 48.2 Å². The maximum Gasteiger partial charge on any atom is 0.303 e. The second-order valence-electron chi connectivity index (χ2n) is 28.3. The predicted octanol–water partition coefficient (Wildman–Crippen LogP) is 9.01. The summed E-state index contributed by atoms with van der Waals surface area (Å²) in [5.74, 6) is 0.297. The monoisotopic (exact) mass is 1270 g/mol. The summed E-state index contributed by atoms with van der Waals surface area (Å²) in [4.78, 5) is 39.0. The molecule has 508 valence electrons. The number of hydrogen-bond acceptors (Lipinski definition) is 18. The highest BCUT2D eigenvalue weighted by Crippen LogP contribution is 2.41. The molecule has 0 aliphatic carbocycles. The molecule has 0 bridgehead atoms. The molecule has 6 saturated heterocycles. The summed E-state index contributed by atoms with van der Waals surface area (Å²) in [7, 11) is 0. The summed E-state index contributed by atoms with van der Waals surface area (Å²) in [5, 5.41) is 47.5. The minimum absolute atomic E-state index is 0.184. The Morgan fingerprint density at radius 1 is 0.652 bits per heavy atom. The van der Waals surface area contributed by atoms with Crippen LogP contribution in [0.5, 0.6) is 0 Å². The van der Waals surface area contributed by atoms with Crippen molar-refractivity contribution in [2.45, 2.75) is 208 Å². The molecule has 0 saturated carbocycles. The average molecular weight is 1280 g/mol. The first-order chi connectivity index (χ1) is 44.2. The number of carbonyl (C=O) groups excluding carboxylic acids is 2. The molecule has 18 heteroatoms. The van der Waals surface area contributed by atoms with Gasteiger partial charge in [-0.25, -0.2) is 9.98 Å². The molecule has 0 aromatic heterocycles. The maximum atomic E-state index is 12.2. The van der Waals surface area contributed by atoms with Crippen LogP contribution in [0.4, 0.5) is 0 Å². The van der Waals surface area contributed by atoms with Gasteiger partial charge < -0.3 is 69.3 Å². The van der Waals surface area contributed by atoms with Gasteiger partial charge in [-0.15, -0.1) is 0 Å². The standard InChI is InChI=1S/C40H59N3O6.C34H51N3O6/c1-8-35-28(5)36(46-29(6)44)37(47-30(7)45)39(48-35)49-38-33(34(24-42-38)26(2)3)23-32-14-13-31(22-27(32)4)12-9-10-20-43-21-11-15-40(25-43)16-18-41-19-17-40;1-22(2)27-19-36-32(43-33-31(41)30(40)29(39)28(20-38)42-33)26(27)18-25-9-8-24(17-23(25)3)7-4-5-15-37-16-6-10-34(21-37)11-13-35-14-12-34/h9,12-14,22,26,28,35-37,39,41H,8,10-11,15-21,23-25H2,1-7H3;4,7-9,17,22,28-31,33,35,38-41H,5-6,10-16,18-21H2,1-3H3/b12-9+;7-4+/t28-,35-,36+,37-,39+;28-,29-,30+,31-,33+/m11/s1. The van der Waals surface area contributed by atoms with Crippen LogP contribution in [0.3, 0.4) is 0 Å². The van der Waals surface area contributed by atoms with Crippen molar-refractivity contribution < 1.29 is 58.4 Å². The number of aliphatic imine (C=N–C) groups is 2. The van der Waals surface area contributed by atoms with Crippen molar-refractivity contribution in [1.29, 1.82) is 0 Å². The van der Waals surface area contributed by atoms with Crippen LogP contribution in [0, 0.1) is 42.4 Å². The van der Waals surface area contributed by atoms with Gasteiger partial charge in [-0.3, -0.25) is 9.59 Å². The van der Waals surface area contributed by atoms with E-state index < -0.39 is 67.7 Å². The average Bonchev–Trinajstić information content (AvgIpc) is 1.52. The molecular weight excluding hydrogens is 1160 g/mol. The van der Waals surface area contributed by atoms with Crippen molar-refractivity contribution in [3.05, 3.63) is 104 Å². The van der Waals surface area contributed by atoms with Crippen LogP contribution in [0.2, 0.25) is 0 Å². The van der Waals surface area contributed by atoms with Gasteiger partial charge in [0.1, 0.15) is 30.5 Å². The number of esters is 2. The number of aryl methyl sites for hydroxylation is 2. The van der Waals surface area contributed by atoms with E-state index >= 15 is 0 Å². The van der Waals surface area contributed by atoms with Crippen molar-refractivity contribution in [3.63, 3.8) is 0 Å². The van der Waals surface area contributed by atoms with Gasteiger partial charge in [-0.2, -0.15) is 0 Å². The maximum absolute atomic E-state index is 12.2. The number of piperidine rings is 4. The molecule has 8 aliphatic rings. The van der Waals surface area contributed by atoms with Crippen molar-refractivity contribution in [2.75, 3.05) is 85.1 Å². The number of hydrogen-bond donors (Lipinski definition) is 6. The third kappa shape index (κ3) is 18.3. The van der Waals surface area contributed by atoms with Crippen molar-refractivity contribution in [2.24, 2.45) is 38.6 Å². The fraction of sp³-hybridized carbons (Fsp3) is 0.676. The molecule has 92 heavy (non-hydrogen) atoms. The normalized spacial score (nSPS) is 28.7. The lowest BCUT2D eigenvalue weighted by atomic mass is 9.73. The number of carbonyl (C=O) groups is 2. The fourth-order valence-corrected chi connectivity index (χ4v) is 15.4. The van der Waals surface area contributed by atoms with E-state index in [0.29, 0.717) is 55.0 Å². The fourth-order valence-electron chi connectivity index (χ4n) is 15.4. The second kappa shape index (κ2) is 33.0. The van der Waals surface area contributed by atoms with Gasteiger partial charge >= 0.3 is 11.9 Å². The molecule has 8 heterocycles. The number of likely N-dealkylation sites (tertiary alicyclic amines) is 2. The van der Waals surface area contributed by atoms with Crippen LogP contribution >= 0.6 is 0 Å². The number of aliphatic hydroxyl groups is 4. The Morgan fingerprint density at radius 3 is 1.54 bits per heavy atom. The molecule has 0 radical (unpaired) electrons. The lowest BCUT2D eigenvalue weighted by molar-refractivity contribution is -0.281. The molecule has 0 unspecified atom stereocenters. The van der Waals surface area contributed by atoms with Crippen LogP contribution < -0.4 is 10.6 Å². The largest absolute Gasteiger partial charge is 0.458 e. The van der Waals surface area contributed by atoms with Crippen LogP contribution in [-0.2, 0) is 50.9 Å². The van der Waals surface area contributed by atoms with Crippen molar-refractivity contribution >= 4 is 35.9 Å². The van der Waals surface area contributed by atoms with E-state index in [1.807, 2.05) is 13.8 Å². The first-order valence-corrected chi connectivity index (χ1v) is 34.7. The molecule has 0 amide bonds. The number of benzene rings is 2. The number of nitrogens with zero attached hydrogens (tertiary/aromatic N) is 4. The van der Waals surface area contributed by atoms with E-state index in [-0.39, 0.29) is 23.9 Å². The molecule has 10 atom stereocenters. The second-order valence-corrected chi connectivity index (χ2v) is 28.3. The zero-order valence-corrected chi connectivity index (χ0v) is 56.9. The highest BCUT2D eigenvalue weighted by Gasteiger charge is 2.50. The molecule has 2 aromatic carbocycles. The van der Waals surface area contributed by atoms with E-state index in [4.69, 9.17) is 33.4 Å². The lowest BCUT2D eigenvalue weighted by Crippen LogP contribution is -2.59. The van der Waals surface area contributed by atoms with Crippen LogP contribution in [0.1, 0.15) is 159 Å². The number of aliphatic hydroxyl groups excluding tert-OH is 4. The number of rotatable bonds is 20. The van der Waals surface area contributed by atoms with Gasteiger partial charge in [0.15, 0.2) is 0 Å². The first kappa shape index (κ1) is 71.2. The summed E-state index contributed by atoms with van der Waals surface area (Å²) in [6, 6.07) is 13.2. The summed E-state index contributed by atoms with van der Waals surface area (Å²) in [5.41, 5.74) is 12.6. The van der Waals surface area contributed by atoms with Gasteiger partial charge in [-0.05, 0) is 191 Å². The summed E-state index contributed by atoms with van der Waals surface area (Å²) >= 11 is 0. The molecule has 6 fully saturated rings. The van der Waals surface area contributed by atoms with E-state index in [9.17, 15) is 30.0 Å². The van der Waals surface area contributed by atoms with Crippen LogP contribution in [-0.4, -0.2) is 194 Å². The van der Waals surface area contributed by atoms with E-state index in [1.54, 1.807) is 0 Å². The molecule has 8 aliphatic heterocycles. The summed E-state index contributed by atoms with van der Waals surface area (Å²) in [6.07, 6.45) is 14.4. The van der Waals surface area contributed by atoms with Gasteiger partial charge in [0.2, 0.25) is 30.5 Å². The Morgan fingerprint density at radius 2 is 1.11 bits per heavy atom. The SMILES string of the molecule is CC[C@H]1O[C@@H](OC2=NCC(C(C)C)=C2Cc2ccc(/C=C/CCN3CCCC4(CCNCC4)C3)cc2C)[C@H](OC(C)=O)[C@@H](OC(C)=O)[C@@H]1C.Cc1cc(/C=C/CCN2CCCC3(CCNCC3)C2)ccc1CC1=C(C(C)C)CN=C1O[C@@H]1O[C@H](CO)[C@@H](O)[C@H](O)[C@H]1O. The number of ether oxygens (including phenoxy) is 6. The minimum atomic E-state index is -1.50. The topological polar surface area (TPSA) is 226 Å². The molecule has 2 spiro atoms.